The average molecular weight is 396 g/mol. The molecular weight excluding hydrogens is 362 g/mol. The number of aliphatic hydroxyl groups is 1. The van der Waals surface area contributed by atoms with E-state index in [-0.39, 0.29) is 12.2 Å². The van der Waals surface area contributed by atoms with Gasteiger partial charge in [-0.1, -0.05) is 48.9 Å². The zero-order chi connectivity index (χ0) is 19.9. The monoisotopic (exact) mass is 395 g/mol. The van der Waals surface area contributed by atoms with Crippen LogP contribution in [0.3, 0.4) is 0 Å². The number of β-amino-alcohol motifs (C(OH)–C–C–N with tert-alkyl or cyclic N) is 1. The minimum Gasteiger partial charge on any atom is -0.490 e. The molecule has 0 amide bonds. The lowest BCUT2D eigenvalue weighted by Gasteiger charge is -2.33. The SMILES string of the molecule is OC(COC1CCCCc2ccccc21)CN1CCC(Oc2ccccc2)CC1. The largest absolute Gasteiger partial charge is 0.490 e. The van der Waals surface area contributed by atoms with Gasteiger partial charge in [-0.3, -0.25) is 0 Å². The van der Waals surface area contributed by atoms with E-state index in [0.29, 0.717) is 13.2 Å². The molecule has 0 radical (unpaired) electrons. The van der Waals surface area contributed by atoms with Crippen LogP contribution in [0.15, 0.2) is 54.6 Å². The standard InChI is InChI=1S/C25H33NO3/c27-21(19-28-25-13-7-5-9-20-8-4-6-12-24(20)25)18-26-16-14-23(15-17-26)29-22-10-2-1-3-11-22/h1-4,6,8,10-12,21,23,25,27H,5,7,9,13-19H2. The lowest BCUT2D eigenvalue weighted by molar-refractivity contribution is -0.0303. The second-order valence-corrected chi connectivity index (χ2v) is 8.35. The van der Waals surface area contributed by atoms with Crippen molar-refractivity contribution in [3.05, 3.63) is 65.7 Å². The van der Waals surface area contributed by atoms with E-state index in [1.807, 2.05) is 30.3 Å². The number of likely N-dealkylation sites (tertiary alicyclic amines) is 1. The maximum atomic E-state index is 10.6. The Morgan fingerprint density at radius 3 is 2.52 bits per heavy atom. The number of para-hydroxylation sites is 1. The van der Waals surface area contributed by atoms with Gasteiger partial charge in [-0.15, -0.1) is 0 Å². The van der Waals surface area contributed by atoms with Crippen molar-refractivity contribution in [1.82, 2.24) is 4.90 Å². The molecule has 1 heterocycles. The van der Waals surface area contributed by atoms with Gasteiger partial charge in [0, 0.05) is 19.6 Å². The smallest absolute Gasteiger partial charge is 0.119 e. The molecule has 4 nitrogen and oxygen atoms in total. The maximum Gasteiger partial charge on any atom is 0.119 e. The highest BCUT2D eigenvalue weighted by Crippen LogP contribution is 2.31. The molecule has 1 aliphatic carbocycles. The second kappa shape index (κ2) is 10.2. The van der Waals surface area contributed by atoms with Crippen molar-refractivity contribution in [3.8, 4) is 5.75 Å². The van der Waals surface area contributed by atoms with Gasteiger partial charge < -0.3 is 19.5 Å². The summed E-state index contributed by atoms with van der Waals surface area (Å²) in [5.74, 6) is 0.947. The molecule has 156 valence electrons. The molecule has 0 spiro atoms. The van der Waals surface area contributed by atoms with Gasteiger partial charge in [-0.25, -0.2) is 0 Å². The van der Waals surface area contributed by atoms with Crippen molar-refractivity contribution in [2.24, 2.45) is 0 Å². The molecule has 29 heavy (non-hydrogen) atoms. The summed E-state index contributed by atoms with van der Waals surface area (Å²) < 4.78 is 12.3. The van der Waals surface area contributed by atoms with Gasteiger partial charge in [0.2, 0.25) is 0 Å². The second-order valence-electron chi connectivity index (χ2n) is 8.35. The van der Waals surface area contributed by atoms with Gasteiger partial charge in [-0.05, 0) is 55.4 Å². The van der Waals surface area contributed by atoms with Crippen LogP contribution in [-0.2, 0) is 11.2 Å². The lowest BCUT2D eigenvalue weighted by Crippen LogP contribution is -2.43. The Balaban J connectivity index is 1.20. The van der Waals surface area contributed by atoms with Crippen LogP contribution in [0.2, 0.25) is 0 Å². The van der Waals surface area contributed by atoms with Crippen molar-refractivity contribution in [3.63, 3.8) is 0 Å². The van der Waals surface area contributed by atoms with Crippen LogP contribution in [-0.4, -0.2) is 48.5 Å². The Bertz CT molecular complexity index is 743. The summed E-state index contributed by atoms with van der Waals surface area (Å²) >= 11 is 0. The van der Waals surface area contributed by atoms with Gasteiger partial charge >= 0.3 is 0 Å². The highest BCUT2D eigenvalue weighted by atomic mass is 16.5. The van der Waals surface area contributed by atoms with Gasteiger partial charge in [-0.2, -0.15) is 0 Å². The number of hydrogen-bond acceptors (Lipinski definition) is 4. The molecule has 4 heteroatoms. The van der Waals surface area contributed by atoms with Crippen molar-refractivity contribution >= 4 is 0 Å². The zero-order valence-electron chi connectivity index (χ0n) is 17.2. The molecule has 0 aromatic heterocycles. The Labute approximate surface area is 174 Å². The normalized spacial score (nSPS) is 21.9. The molecule has 2 aromatic rings. The molecule has 2 unspecified atom stereocenters. The van der Waals surface area contributed by atoms with Gasteiger partial charge in [0.05, 0.1) is 18.8 Å². The third-order valence-corrected chi connectivity index (χ3v) is 6.10. The quantitative estimate of drug-likeness (QED) is 0.707. The minimum absolute atomic E-state index is 0.119. The lowest BCUT2D eigenvalue weighted by atomic mass is 10.0. The molecule has 2 aromatic carbocycles. The molecule has 0 bridgehead atoms. The van der Waals surface area contributed by atoms with E-state index in [0.717, 1.165) is 44.5 Å². The maximum absolute atomic E-state index is 10.6. The fraction of sp³-hybridized carbons (Fsp3) is 0.520. The van der Waals surface area contributed by atoms with Gasteiger partial charge in [0.25, 0.3) is 0 Å². The molecule has 1 aliphatic heterocycles. The number of rotatable bonds is 7. The van der Waals surface area contributed by atoms with Crippen molar-refractivity contribution in [2.75, 3.05) is 26.2 Å². The van der Waals surface area contributed by atoms with E-state index >= 15 is 0 Å². The number of aryl methyl sites for hydroxylation is 1. The predicted octanol–water partition coefficient (Wildman–Crippen LogP) is 4.38. The molecule has 1 fully saturated rings. The number of aliphatic hydroxyl groups excluding tert-OH is 1. The summed E-state index contributed by atoms with van der Waals surface area (Å²) in [7, 11) is 0. The van der Waals surface area contributed by atoms with Crippen molar-refractivity contribution in [2.45, 2.75) is 56.8 Å². The number of hydrogen-bond donors (Lipinski definition) is 1. The molecule has 1 N–H and O–H groups in total. The Kier molecular flexibility index (Phi) is 7.20. The van der Waals surface area contributed by atoms with Crippen LogP contribution in [0, 0.1) is 0 Å². The predicted molar refractivity (Wildman–Crippen MR) is 115 cm³/mol. The number of piperidine rings is 1. The molecule has 1 saturated heterocycles. The van der Waals surface area contributed by atoms with Gasteiger partial charge in [0.1, 0.15) is 11.9 Å². The Hall–Kier alpha value is -1.88. The van der Waals surface area contributed by atoms with E-state index in [4.69, 9.17) is 9.47 Å². The Morgan fingerprint density at radius 2 is 1.69 bits per heavy atom. The van der Waals surface area contributed by atoms with E-state index in [1.165, 1.54) is 24.0 Å². The molecule has 4 rings (SSSR count). The molecule has 2 atom stereocenters. The average Bonchev–Trinajstić information content (AvgIpc) is 2.97. The van der Waals surface area contributed by atoms with Crippen LogP contribution in [0.25, 0.3) is 0 Å². The first-order valence-electron chi connectivity index (χ1n) is 11.1. The van der Waals surface area contributed by atoms with Crippen LogP contribution >= 0.6 is 0 Å². The summed E-state index contributed by atoms with van der Waals surface area (Å²) in [4.78, 5) is 2.33. The molecule has 2 aliphatic rings. The number of ether oxygens (including phenoxy) is 2. The fourth-order valence-corrected chi connectivity index (χ4v) is 4.53. The van der Waals surface area contributed by atoms with Crippen LogP contribution in [0.4, 0.5) is 0 Å². The number of benzene rings is 2. The van der Waals surface area contributed by atoms with Gasteiger partial charge in [0.15, 0.2) is 0 Å². The summed E-state index contributed by atoms with van der Waals surface area (Å²) in [6.07, 6.45) is 6.53. The first kappa shape index (κ1) is 20.4. The first-order chi connectivity index (χ1) is 14.3. The van der Waals surface area contributed by atoms with Crippen LogP contribution in [0.5, 0.6) is 5.75 Å². The minimum atomic E-state index is -0.447. The van der Waals surface area contributed by atoms with Crippen molar-refractivity contribution < 1.29 is 14.6 Å². The Morgan fingerprint density at radius 1 is 0.931 bits per heavy atom. The zero-order valence-corrected chi connectivity index (χ0v) is 17.2. The first-order valence-corrected chi connectivity index (χ1v) is 11.1. The number of fused-ring (bicyclic) bond motifs is 1. The topological polar surface area (TPSA) is 41.9 Å². The fourth-order valence-electron chi connectivity index (χ4n) is 4.53. The molecule has 0 saturated carbocycles. The third kappa shape index (κ3) is 5.81. The van der Waals surface area contributed by atoms with E-state index in [2.05, 4.69) is 29.2 Å². The highest BCUT2D eigenvalue weighted by molar-refractivity contribution is 5.30. The summed E-state index contributed by atoms with van der Waals surface area (Å²) in [5.41, 5.74) is 2.72. The highest BCUT2D eigenvalue weighted by Gasteiger charge is 2.24. The van der Waals surface area contributed by atoms with Crippen molar-refractivity contribution in [1.29, 1.82) is 0 Å². The molecular formula is C25H33NO3. The van der Waals surface area contributed by atoms with E-state index in [1.54, 1.807) is 0 Å². The summed E-state index contributed by atoms with van der Waals surface area (Å²) in [5, 5.41) is 10.6. The summed E-state index contributed by atoms with van der Waals surface area (Å²) in [6, 6.07) is 18.7. The van der Waals surface area contributed by atoms with Crippen LogP contribution < -0.4 is 4.74 Å². The third-order valence-electron chi connectivity index (χ3n) is 6.10. The van der Waals surface area contributed by atoms with Crippen LogP contribution in [0.1, 0.15) is 49.3 Å². The number of nitrogens with zero attached hydrogens (tertiary/aromatic N) is 1. The van der Waals surface area contributed by atoms with E-state index in [9.17, 15) is 5.11 Å². The summed E-state index contributed by atoms with van der Waals surface area (Å²) in [6.45, 7) is 2.99. The van der Waals surface area contributed by atoms with E-state index < -0.39 is 6.10 Å².